The fourth-order valence-corrected chi connectivity index (χ4v) is 1.22. The Kier molecular flexibility index (Phi) is 2.79. The number of rotatable bonds is 1. The van der Waals surface area contributed by atoms with E-state index in [2.05, 4.69) is 0 Å². The number of hydrogen-bond acceptors (Lipinski definition) is 4. The Hall–Kier alpha value is -1.93. The van der Waals surface area contributed by atoms with Crippen molar-refractivity contribution in [2.75, 3.05) is 0 Å². The summed E-state index contributed by atoms with van der Waals surface area (Å²) in [5, 5.41) is 0. The predicted molar refractivity (Wildman–Crippen MR) is 48.3 cm³/mol. The number of carbonyl (C=O) groups is 1. The summed E-state index contributed by atoms with van der Waals surface area (Å²) >= 11 is 0. The van der Waals surface area contributed by atoms with Gasteiger partial charge in [-0.2, -0.15) is 0 Å². The van der Waals surface area contributed by atoms with E-state index in [1.165, 1.54) is 6.08 Å². The number of hydrogen-bond donors (Lipinski definition) is 2. The second kappa shape index (κ2) is 3.85. The molecule has 0 heterocycles. The Morgan fingerprint density at radius 3 is 2.50 bits per heavy atom. The second-order valence-corrected chi connectivity index (χ2v) is 2.87. The minimum atomic E-state index is -0.859. The summed E-state index contributed by atoms with van der Waals surface area (Å²) in [5.41, 5.74) is 10.9. The Morgan fingerprint density at radius 1 is 1.43 bits per heavy atom. The number of amides is 1. The van der Waals surface area contributed by atoms with E-state index in [9.17, 15) is 14.4 Å². The summed E-state index contributed by atoms with van der Waals surface area (Å²) < 4.78 is 0. The first kappa shape index (κ1) is 10.2. The van der Waals surface area contributed by atoms with Crippen molar-refractivity contribution >= 4 is 17.8 Å². The SMILES string of the molecule is NC(=O)C1=CC(=C=O)CC(=C=O)C1N. The van der Waals surface area contributed by atoms with Crippen LogP contribution in [0.15, 0.2) is 22.8 Å². The molecule has 1 atom stereocenters. The highest BCUT2D eigenvalue weighted by molar-refractivity contribution is 5.96. The van der Waals surface area contributed by atoms with Crippen molar-refractivity contribution in [1.29, 1.82) is 0 Å². The molecular formula is C9H8N2O3. The predicted octanol–water partition coefficient (Wildman–Crippen LogP) is -1.35. The summed E-state index contributed by atoms with van der Waals surface area (Å²) in [4.78, 5) is 31.7. The van der Waals surface area contributed by atoms with Crippen molar-refractivity contribution < 1.29 is 14.4 Å². The van der Waals surface area contributed by atoms with E-state index < -0.39 is 11.9 Å². The first-order valence-corrected chi connectivity index (χ1v) is 3.85. The van der Waals surface area contributed by atoms with Crippen LogP contribution in [-0.2, 0) is 14.4 Å². The monoisotopic (exact) mass is 192 g/mol. The highest BCUT2D eigenvalue weighted by Crippen LogP contribution is 2.22. The van der Waals surface area contributed by atoms with Crippen LogP contribution in [-0.4, -0.2) is 23.8 Å². The summed E-state index contributed by atoms with van der Waals surface area (Å²) in [7, 11) is 0. The summed E-state index contributed by atoms with van der Waals surface area (Å²) in [6.07, 6.45) is 1.34. The maximum Gasteiger partial charge on any atom is 0.246 e. The Bertz CT molecular complexity index is 410. The lowest BCUT2D eigenvalue weighted by atomic mass is 9.88. The van der Waals surface area contributed by atoms with Gasteiger partial charge in [-0.3, -0.25) is 4.79 Å². The van der Waals surface area contributed by atoms with E-state index in [-0.39, 0.29) is 23.1 Å². The zero-order valence-electron chi connectivity index (χ0n) is 7.24. The lowest BCUT2D eigenvalue weighted by Crippen LogP contribution is -2.35. The van der Waals surface area contributed by atoms with E-state index in [1.54, 1.807) is 11.9 Å². The van der Waals surface area contributed by atoms with Crippen LogP contribution < -0.4 is 11.5 Å². The molecule has 0 bridgehead atoms. The summed E-state index contributed by atoms with van der Waals surface area (Å²) in [6, 6.07) is -0.859. The van der Waals surface area contributed by atoms with Crippen molar-refractivity contribution in [1.82, 2.24) is 0 Å². The van der Waals surface area contributed by atoms with Crippen LogP contribution in [0.1, 0.15) is 6.42 Å². The number of nitrogens with two attached hydrogens (primary N) is 2. The molecule has 0 saturated heterocycles. The molecule has 1 aliphatic carbocycles. The molecule has 0 fully saturated rings. The molecule has 0 spiro atoms. The molecule has 1 rings (SSSR count). The third-order valence-corrected chi connectivity index (χ3v) is 1.97. The Labute approximate surface area is 79.7 Å². The fourth-order valence-electron chi connectivity index (χ4n) is 1.22. The van der Waals surface area contributed by atoms with E-state index in [4.69, 9.17) is 11.5 Å². The molecule has 5 heteroatoms. The fraction of sp³-hybridized carbons (Fsp3) is 0.222. The van der Waals surface area contributed by atoms with Gasteiger partial charge in [0.2, 0.25) is 5.91 Å². The van der Waals surface area contributed by atoms with Gasteiger partial charge in [-0.25, -0.2) is 9.59 Å². The van der Waals surface area contributed by atoms with Crippen LogP contribution in [0.4, 0.5) is 0 Å². The number of carbonyl (C=O) groups excluding carboxylic acids is 3. The number of primary amides is 1. The molecule has 1 amide bonds. The van der Waals surface area contributed by atoms with Gasteiger partial charge in [-0.15, -0.1) is 0 Å². The molecule has 4 N–H and O–H groups in total. The summed E-state index contributed by atoms with van der Waals surface area (Å²) in [5.74, 6) is 2.44. The van der Waals surface area contributed by atoms with Gasteiger partial charge in [-0.05, 0) is 6.08 Å². The van der Waals surface area contributed by atoms with E-state index in [1.807, 2.05) is 0 Å². The van der Waals surface area contributed by atoms with Crippen LogP contribution in [0.5, 0.6) is 0 Å². The molecule has 0 saturated carbocycles. The lowest BCUT2D eigenvalue weighted by Gasteiger charge is -2.18. The minimum absolute atomic E-state index is 0.0351. The zero-order valence-corrected chi connectivity index (χ0v) is 7.24. The van der Waals surface area contributed by atoms with Gasteiger partial charge >= 0.3 is 0 Å². The molecule has 72 valence electrons. The van der Waals surface area contributed by atoms with Crippen LogP contribution in [0.25, 0.3) is 0 Å². The van der Waals surface area contributed by atoms with Gasteiger partial charge in [0.15, 0.2) is 0 Å². The van der Waals surface area contributed by atoms with Gasteiger partial charge in [0.25, 0.3) is 0 Å². The topological polar surface area (TPSA) is 103 Å². The van der Waals surface area contributed by atoms with Gasteiger partial charge in [-0.1, -0.05) is 0 Å². The maximum atomic E-state index is 10.9. The Morgan fingerprint density at radius 2 is 2.07 bits per heavy atom. The van der Waals surface area contributed by atoms with Gasteiger partial charge in [0, 0.05) is 23.1 Å². The average Bonchev–Trinajstić information content (AvgIpc) is 2.17. The molecular weight excluding hydrogens is 184 g/mol. The van der Waals surface area contributed by atoms with Gasteiger partial charge in [0.05, 0.1) is 6.04 Å². The molecule has 1 unspecified atom stereocenters. The normalized spacial score (nSPS) is 20.9. The first-order valence-electron chi connectivity index (χ1n) is 3.85. The third-order valence-electron chi connectivity index (χ3n) is 1.97. The van der Waals surface area contributed by atoms with Crippen molar-refractivity contribution in [2.45, 2.75) is 12.5 Å². The standard InChI is InChI=1S/C9H8N2O3/c10-8-6(4-13)1-5(3-12)2-7(8)9(11)14/h2,8H,1,10H2,(H2,11,14). The molecule has 0 aromatic carbocycles. The van der Waals surface area contributed by atoms with Crippen LogP contribution in [0.3, 0.4) is 0 Å². The number of allylic oxidation sites excluding steroid dienone is 2. The van der Waals surface area contributed by atoms with Crippen LogP contribution in [0, 0.1) is 0 Å². The van der Waals surface area contributed by atoms with E-state index in [0.717, 1.165) is 0 Å². The second-order valence-electron chi connectivity index (χ2n) is 2.87. The smallest absolute Gasteiger partial charge is 0.246 e. The molecule has 5 nitrogen and oxygen atoms in total. The zero-order chi connectivity index (χ0) is 10.7. The minimum Gasteiger partial charge on any atom is -0.366 e. The first-order chi connectivity index (χ1) is 6.60. The van der Waals surface area contributed by atoms with Crippen molar-refractivity contribution in [2.24, 2.45) is 11.5 Å². The average molecular weight is 192 g/mol. The quantitative estimate of drug-likeness (QED) is 0.501. The van der Waals surface area contributed by atoms with Gasteiger partial charge < -0.3 is 11.5 Å². The largest absolute Gasteiger partial charge is 0.366 e. The molecule has 0 aromatic heterocycles. The van der Waals surface area contributed by atoms with Gasteiger partial charge in [0.1, 0.15) is 11.9 Å². The molecule has 0 radical (unpaired) electrons. The molecule has 0 aromatic rings. The molecule has 1 aliphatic rings. The van der Waals surface area contributed by atoms with E-state index in [0.29, 0.717) is 0 Å². The highest BCUT2D eigenvalue weighted by atomic mass is 16.1. The highest BCUT2D eigenvalue weighted by Gasteiger charge is 2.25. The summed E-state index contributed by atoms with van der Waals surface area (Å²) in [6.45, 7) is 0. The molecule has 14 heavy (non-hydrogen) atoms. The van der Waals surface area contributed by atoms with E-state index >= 15 is 0 Å². The lowest BCUT2D eigenvalue weighted by molar-refractivity contribution is -0.114. The Balaban J connectivity index is 3.27. The van der Waals surface area contributed by atoms with Crippen molar-refractivity contribution in [3.63, 3.8) is 0 Å². The van der Waals surface area contributed by atoms with Crippen molar-refractivity contribution in [3.05, 3.63) is 22.8 Å². The van der Waals surface area contributed by atoms with Crippen molar-refractivity contribution in [3.8, 4) is 0 Å². The molecule has 0 aliphatic heterocycles. The van der Waals surface area contributed by atoms with Crippen LogP contribution >= 0.6 is 0 Å². The third kappa shape index (κ3) is 1.70. The van der Waals surface area contributed by atoms with Crippen LogP contribution in [0.2, 0.25) is 0 Å². The maximum absolute atomic E-state index is 10.9.